The SMILES string of the molecule is CCO[C@@H]1OC(=O)C[C@@H]1NC(=O)[C@H]1CCCN1C(=O)[C@H](NC(=O)c1ccc(N)c(Cl)c1)C(C)(C)C. The van der Waals surface area contributed by atoms with Gasteiger partial charge in [0.2, 0.25) is 18.1 Å². The lowest BCUT2D eigenvalue weighted by atomic mass is 9.85. The van der Waals surface area contributed by atoms with Crippen LogP contribution in [0.5, 0.6) is 0 Å². The summed E-state index contributed by atoms with van der Waals surface area (Å²) in [5.41, 5.74) is 5.71. The van der Waals surface area contributed by atoms with Gasteiger partial charge in [0.15, 0.2) is 0 Å². The Morgan fingerprint density at radius 1 is 1.31 bits per heavy atom. The molecule has 0 radical (unpaired) electrons. The number of halogens is 1. The number of hydrogen-bond acceptors (Lipinski definition) is 7. The molecule has 35 heavy (non-hydrogen) atoms. The molecule has 0 saturated carbocycles. The minimum atomic E-state index is -0.896. The van der Waals surface area contributed by atoms with E-state index in [9.17, 15) is 19.2 Å². The largest absolute Gasteiger partial charge is 0.433 e. The fourth-order valence-corrected chi connectivity index (χ4v) is 4.43. The molecule has 0 aromatic heterocycles. The van der Waals surface area contributed by atoms with E-state index in [2.05, 4.69) is 10.6 Å². The maximum Gasteiger partial charge on any atom is 0.310 e. The first-order chi connectivity index (χ1) is 16.4. The number of likely N-dealkylation sites (tertiary alicyclic amines) is 1. The number of esters is 1. The predicted molar refractivity (Wildman–Crippen MR) is 129 cm³/mol. The Kier molecular flexibility index (Phi) is 8.27. The topological polar surface area (TPSA) is 140 Å². The fraction of sp³-hybridized carbons (Fsp3) is 0.583. The van der Waals surface area contributed by atoms with Crippen molar-refractivity contribution in [2.45, 2.75) is 71.4 Å². The van der Waals surface area contributed by atoms with Gasteiger partial charge in [-0.15, -0.1) is 0 Å². The molecule has 2 aliphatic rings. The van der Waals surface area contributed by atoms with E-state index >= 15 is 0 Å². The highest BCUT2D eigenvalue weighted by Crippen LogP contribution is 2.27. The number of anilines is 1. The first-order valence-corrected chi connectivity index (χ1v) is 12.1. The molecule has 0 unspecified atom stereocenters. The number of nitrogens with two attached hydrogens (primary N) is 1. The third-order valence-corrected chi connectivity index (χ3v) is 6.44. The van der Waals surface area contributed by atoms with E-state index in [-0.39, 0.29) is 28.8 Å². The fourth-order valence-electron chi connectivity index (χ4n) is 4.25. The summed E-state index contributed by atoms with van der Waals surface area (Å²) < 4.78 is 10.5. The third kappa shape index (κ3) is 6.24. The van der Waals surface area contributed by atoms with E-state index < -0.39 is 41.7 Å². The predicted octanol–water partition coefficient (Wildman–Crippen LogP) is 1.85. The van der Waals surface area contributed by atoms with Gasteiger partial charge in [-0.1, -0.05) is 32.4 Å². The van der Waals surface area contributed by atoms with Crippen LogP contribution in [0.1, 0.15) is 57.3 Å². The highest BCUT2D eigenvalue weighted by atomic mass is 35.5. The molecule has 1 aromatic carbocycles. The van der Waals surface area contributed by atoms with Gasteiger partial charge >= 0.3 is 5.97 Å². The number of amides is 3. The van der Waals surface area contributed by atoms with E-state index in [1.165, 1.54) is 23.1 Å². The van der Waals surface area contributed by atoms with Gasteiger partial charge in [-0.05, 0) is 43.4 Å². The van der Waals surface area contributed by atoms with Gasteiger partial charge in [-0.25, -0.2) is 0 Å². The maximum atomic E-state index is 13.6. The molecule has 3 amide bonds. The molecule has 192 valence electrons. The minimum Gasteiger partial charge on any atom is -0.433 e. The van der Waals surface area contributed by atoms with Crippen LogP contribution in [0.4, 0.5) is 5.69 Å². The van der Waals surface area contributed by atoms with Gasteiger partial charge in [0.25, 0.3) is 5.91 Å². The molecule has 2 heterocycles. The van der Waals surface area contributed by atoms with E-state index in [0.29, 0.717) is 31.7 Å². The number of carbonyl (C=O) groups excluding carboxylic acids is 4. The minimum absolute atomic E-state index is 0.00188. The normalized spacial score (nSPS) is 23.1. The molecule has 11 heteroatoms. The lowest BCUT2D eigenvalue weighted by molar-refractivity contribution is -0.164. The number of ether oxygens (including phenoxy) is 2. The smallest absolute Gasteiger partial charge is 0.310 e. The summed E-state index contributed by atoms with van der Waals surface area (Å²) in [6, 6.07) is 2.26. The summed E-state index contributed by atoms with van der Waals surface area (Å²) in [6.45, 7) is 7.98. The molecule has 1 aromatic rings. The Balaban J connectivity index is 1.74. The van der Waals surface area contributed by atoms with Crippen molar-refractivity contribution in [3.05, 3.63) is 28.8 Å². The zero-order chi connectivity index (χ0) is 25.9. The van der Waals surface area contributed by atoms with E-state index in [1.54, 1.807) is 6.92 Å². The van der Waals surface area contributed by atoms with Crippen molar-refractivity contribution < 1.29 is 28.7 Å². The number of nitrogens with one attached hydrogen (secondary N) is 2. The van der Waals surface area contributed by atoms with Crippen LogP contribution in [0.15, 0.2) is 18.2 Å². The van der Waals surface area contributed by atoms with Crippen molar-refractivity contribution in [3.63, 3.8) is 0 Å². The average molecular weight is 509 g/mol. The molecule has 2 aliphatic heterocycles. The first-order valence-electron chi connectivity index (χ1n) is 11.7. The lowest BCUT2D eigenvalue weighted by Gasteiger charge is -2.35. The molecule has 2 fully saturated rings. The second-order valence-electron chi connectivity index (χ2n) is 9.83. The van der Waals surface area contributed by atoms with Crippen molar-refractivity contribution in [1.29, 1.82) is 0 Å². The van der Waals surface area contributed by atoms with E-state index in [0.717, 1.165) is 0 Å². The van der Waals surface area contributed by atoms with E-state index in [1.807, 2.05) is 20.8 Å². The quantitative estimate of drug-likeness (QED) is 0.377. The van der Waals surface area contributed by atoms with Gasteiger partial charge in [-0.3, -0.25) is 19.2 Å². The molecular weight excluding hydrogens is 476 g/mol. The maximum absolute atomic E-state index is 13.6. The zero-order valence-corrected chi connectivity index (χ0v) is 21.2. The second-order valence-corrected chi connectivity index (χ2v) is 10.2. The van der Waals surface area contributed by atoms with Gasteiger partial charge < -0.3 is 30.7 Å². The molecule has 0 bridgehead atoms. The summed E-state index contributed by atoms with van der Waals surface area (Å²) in [7, 11) is 0. The van der Waals surface area contributed by atoms with Crippen molar-refractivity contribution in [3.8, 4) is 0 Å². The summed E-state index contributed by atoms with van der Waals surface area (Å²) in [5, 5.41) is 5.86. The van der Waals surface area contributed by atoms with Crippen LogP contribution in [0.25, 0.3) is 0 Å². The monoisotopic (exact) mass is 508 g/mol. The molecule has 2 saturated heterocycles. The Morgan fingerprint density at radius 2 is 2.03 bits per heavy atom. The molecule has 3 rings (SSSR count). The molecule has 10 nitrogen and oxygen atoms in total. The number of carbonyl (C=O) groups is 4. The number of nitrogens with zero attached hydrogens (tertiary/aromatic N) is 1. The Hall–Kier alpha value is -2.85. The summed E-state index contributed by atoms with van der Waals surface area (Å²) in [5.74, 6) is -1.66. The van der Waals surface area contributed by atoms with Crippen LogP contribution >= 0.6 is 11.6 Å². The van der Waals surface area contributed by atoms with Gasteiger partial charge in [0.05, 0.1) is 17.1 Å². The van der Waals surface area contributed by atoms with Crippen LogP contribution in [-0.4, -0.2) is 66.2 Å². The standard InChI is InChI=1S/C24H33ClN4O6/c1-5-34-23-16(12-18(30)35-23)27-21(32)17-7-6-10-29(17)22(33)19(24(2,3)4)28-20(31)13-8-9-15(26)14(25)11-13/h8-9,11,16-17,19,23H,5-7,10,12,26H2,1-4H3,(H,27,32)(H,28,31)/t16-,17+,19-,23+/m0/s1. The highest BCUT2D eigenvalue weighted by molar-refractivity contribution is 6.33. The molecule has 0 aliphatic carbocycles. The average Bonchev–Trinajstić information content (AvgIpc) is 3.39. The Bertz CT molecular complexity index is 995. The van der Waals surface area contributed by atoms with Crippen LogP contribution in [0.2, 0.25) is 5.02 Å². The lowest BCUT2D eigenvalue weighted by Crippen LogP contribution is -2.58. The number of cyclic esters (lactones) is 1. The Labute approximate surface area is 209 Å². The third-order valence-electron chi connectivity index (χ3n) is 6.11. The van der Waals surface area contributed by atoms with Crippen molar-refractivity contribution >= 4 is 41.0 Å². The summed E-state index contributed by atoms with van der Waals surface area (Å²) in [4.78, 5) is 52.9. The van der Waals surface area contributed by atoms with Crippen LogP contribution in [-0.2, 0) is 23.9 Å². The number of nitrogen functional groups attached to an aromatic ring is 1. The molecule has 4 N–H and O–H groups in total. The molecule has 0 spiro atoms. The first kappa shape index (κ1) is 26.7. The van der Waals surface area contributed by atoms with Gasteiger partial charge in [0, 0.05) is 18.7 Å². The van der Waals surface area contributed by atoms with Crippen molar-refractivity contribution in [2.75, 3.05) is 18.9 Å². The summed E-state index contributed by atoms with van der Waals surface area (Å²) in [6.07, 6.45) is 0.255. The number of benzene rings is 1. The van der Waals surface area contributed by atoms with Crippen molar-refractivity contribution in [1.82, 2.24) is 15.5 Å². The highest BCUT2D eigenvalue weighted by Gasteiger charge is 2.44. The number of hydrogen-bond donors (Lipinski definition) is 3. The van der Waals surface area contributed by atoms with Crippen LogP contribution in [0, 0.1) is 5.41 Å². The zero-order valence-electron chi connectivity index (χ0n) is 20.4. The van der Waals surface area contributed by atoms with Crippen molar-refractivity contribution in [2.24, 2.45) is 5.41 Å². The van der Waals surface area contributed by atoms with Crippen LogP contribution < -0.4 is 16.4 Å². The second kappa shape index (κ2) is 10.8. The Morgan fingerprint density at radius 3 is 2.66 bits per heavy atom. The molecular formula is C24H33ClN4O6. The van der Waals surface area contributed by atoms with Crippen LogP contribution in [0.3, 0.4) is 0 Å². The number of rotatable bonds is 7. The van der Waals surface area contributed by atoms with Gasteiger partial charge in [0.1, 0.15) is 18.1 Å². The van der Waals surface area contributed by atoms with Gasteiger partial charge in [-0.2, -0.15) is 0 Å². The van der Waals surface area contributed by atoms with E-state index in [4.69, 9.17) is 26.8 Å². The molecule has 4 atom stereocenters. The summed E-state index contributed by atoms with van der Waals surface area (Å²) >= 11 is 6.05.